The zero-order valence-electron chi connectivity index (χ0n) is 7.72. The van der Waals surface area contributed by atoms with Gasteiger partial charge >= 0.3 is 0 Å². The van der Waals surface area contributed by atoms with Crippen LogP contribution in [-0.4, -0.2) is 34.3 Å². The molecule has 0 aromatic carbocycles. The lowest BCUT2D eigenvalue weighted by atomic mass is 10.1. The zero-order chi connectivity index (χ0) is 8.39. The maximum Gasteiger partial charge on any atom is 0.221 e. The fourth-order valence-corrected chi connectivity index (χ4v) is 1.46. The molecular formula is C7H15Cl2N5. The summed E-state index contributed by atoms with van der Waals surface area (Å²) >= 11 is 0. The van der Waals surface area contributed by atoms with E-state index in [1.54, 1.807) is 0 Å². The molecular weight excluding hydrogens is 225 g/mol. The maximum atomic E-state index is 5.78. The Balaban J connectivity index is 0.000000845. The highest BCUT2D eigenvalue weighted by atomic mass is 35.5. The molecule has 0 aliphatic carbocycles. The zero-order valence-corrected chi connectivity index (χ0v) is 9.35. The van der Waals surface area contributed by atoms with Crippen LogP contribution in [0.15, 0.2) is 6.33 Å². The number of anilines is 1. The Morgan fingerprint density at radius 2 is 2.00 bits per heavy atom. The van der Waals surface area contributed by atoms with Gasteiger partial charge in [-0.2, -0.15) is 10.1 Å². The Bertz CT molecular complexity index is 232. The van der Waals surface area contributed by atoms with Crippen molar-refractivity contribution in [1.29, 1.82) is 0 Å². The fourth-order valence-electron chi connectivity index (χ4n) is 1.46. The molecule has 0 atom stereocenters. The lowest BCUT2D eigenvalue weighted by Gasteiger charge is -2.29. The van der Waals surface area contributed by atoms with Crippen LogP contribution in [0.3, 0.4) is 0 Å². The second kappa shape index (κ2) is 6.06. The van der Waals surface area contributed by atoms with Crippen molar-refractivity contribution in [2.75, 3.05) is 18.0 Å². The third-order valence-electron chi connectivity index (χ3n) is 2.24. The van der Waals surface area contributed by atoms with Crippen LogP contribution in [0.4, 0.5) is 5.95 Å². The molecule has 14 heavy (non-hydrogen) atoms. The Morgan fingerprint density at radius 1 is 1.36 bits per heavy atom. The van der Waals surface area contributed by atoms with Gasteiger partial charge in [0, 0.05) is 19.1 Å². The number of nitrogens with zero attached hydrogens (tertiary/aromatic N) is 3. The molecule has 5 nitrogen and oxygen atoms in total. The van der Waals surface area contributed by atoms with Gasteiger partial charge in [-0.15, -0.1) is 24.8 Å². The molecule has 0 spiro atoms. The minimum absolute atomic E-state index is 0. The van der Waals surface area contributed by atoms with Gasteiger partial charge in [-0.1, -0.05) is 0 Å². The number of nitrogens with two attached hydrogens (primary N) is 1. The summed E-state index contributed by atoms with van der Waals surface area (Å²) in [6.45, 7) is 1.96. The molecule has 1 aromatic heterocycles. The molecule has 0 amide bonds. The second-order valence-electron chi connectivity index (χ2n) is 3.13. The van der Waals surface area contributed by atoms with Crippen molar-refractivity contribution in [1.82, 2.24) is 15.2 Å². The maximum absolute atomic E-state index is 5.78. The van der Waals surface area contributed by atoms with Crippen molar-refractivity contribution >= 4 is 30.8 Å². The summed E-state index contributed by atoms with van der Waals surface area (Å²) in [5, 5.41) is 6.65. The molecule has 0 radical (unpaired) electrons. The van der Waals surface area contributed by atoms with E-state index in [-0.39, 0.29) is 24.8 Å². The summed E-state index contributed by atoms with van der Waals surface area (Å²) in [6.07, 6.45) is 3.62. The number of H-pyrrole nitrogens is 1. The van der Waals surface area contributed by atoms with Gasteiger partial charge in [0.15, 0.2) is 0 Å². The molecule has 2 heterocycles. The summed E-state index contributed by atoms with van der Waals surface area (Å²) in [4.78, 5) is 6.26. The normalized spacial score (nSPS) is 17.1. The van der Waals surface area contributed by atoms with Gasteiger partial charge in [0.25, 0.3) is 0 Å². The van der Waals surface area contributed by atoms with Gasteiger partial charge in [0.2, 0.25) is 5.95 Å². The third-order valence-corrected chi connectivity index (χ3v) is 2.24. The minimum Gasteiger partial charge on any atom is -0.341 e. The molecule has 1 aliphatic rings. The number of hydrogen-bond acceptors (Lipinski definition) is 4. The van der Waals surface area contributed by atoms with Crippen molar-refractivity contribution in [3.8, 4) is 0 Å². The van der Waals surface area contributed by atoms with Crippen molar-refractivity contribution in [2.45, 2.75) is 18.9 Å². The molecule has 0 saturated carbocycles. The monoisotopic (exact) mass is 239 g/mol. The molecule has 2 rings (SSSR count). The topological polar surface area (TPSA) is 70.8 Å². The minimum atomic E-state index is 0. The molecule has 7 heteroatoms. The third kappa shape index (κ3) is 3.01. The standard InChI is InChI=1S/C7H13N5.2ClH/c8-6-1-3-12(4-2-6)7-9-5-10-11-7;;/h5-6H,1-4,8H2,(H,9,10,11);2*1H. The van der Waals surface area contributed by atoms with Gasteiger partial charge in [-0.05, 0) is 12.8 Å². The van der Waals surface area contributed by atoms with E-state index in [4.69, 9.17) is 5.73 Å². The van der Waals surface area contributed by atoms with E-state index in [2.05, 4.69) is 20.1 Å². The highest BCUT2D eigenvalue weighted by molar-refractivity contribution is 5.85. The largest absolute Gasteiger partial charge is 0.341 e. The van der Waals surface area contributed by atoms with Crippen LogP contribution < -0.4 is 10.6 Å². The Morgan fingerprint density at radius 3 is 2.50 bits per heavy atom. The van der Waals surface area contributed by atoms with Crippen molar-refractivity contribution in [3.05, 3.63) is 6.33 Å². The summed E-state index contributed by atoms with van der Waals surface area (Å²) in [5.74, 6) is 0.863. The first kappa shape index (κ1) is 13.5. The number of hydrogen-bond donors (Lipinski definition) is 2. The van der Waals surface area contributed by atoms with E-state index in [9.17, 15) is 0 Å². The second-order valence-corrected chi connectivity index (χ2v) is 3.13. The van der Waals surface area contributed by atoms with Crippen molar-refractivity contribution in [2.24, 2.45) is 5.73 Å². The molecule has 0 bridgehead atoms. The van der Waals surface area contributed by atoms with Crippen LogP contribution in [-0.2, 0) is 0 Å². The van der Waals surface area contributed by atoms with Crippen LogP contribution >= 0.6 is 24.8 Å². The number of piperidine rings is 1. The summed E-state index contributed by atoms with van der Waals surface area (Å²) in [6, 6.07) is 0.365. The molecule has 3 N–H and O–H groups in total. The number of aromatic nitrogens is 3. The van der Waals surface area contributed by atoms with Crippen LogP contribution in [0, 0.1) is 0 Å². The van der Waals surface area contributed by atoms with Crippen LogP contribution in [0.2, 0.25) is 0 Å². The Labute approximate surface area is 95.3 Å². The van der Waals surface area contributed by atoms with Gasteiger partial charge in [0.1, 0.15) is 6.33 Å². The first-order valence-electron chi connectivity index (χ1n) is 4.22. The molecule has 1 aromatic rings. The lowest BCUT2D eigenvalue weighted by molar-refractivity contribution is 0.496. The number of aromatic amines is 1. The predicted octanol–water partition coefficient (Wildman–Crippen LogP) is 0.576. The SMILES string of the molecule is Cl.Cl.NC1CCN(c2ncn[nH]2)CC1. The number of nitrogens with one attached hydrogen (secondary N) is 1. The van der Waals surface area contributed by atoms with Crippen molar-refractivity contribution < 1.29 is 0 Å². The number of halogens is 2. The van der Waals surface area contributed by atoms with E-state index in [1.807, 2.05) is 0 Å². The van der Waals surface area contributed by atoms with E-state index in [0.717, 1.165) is 31.9 Å². The van der Waals surface area contributed by atoms with E-state index in [1.165, 1.54) is 6.33 Å². The van der Waals surface area contributed by atoms with Crippen LogP contribution in [0.25, 0.3) is 0 Å². The fraction of sp³-hybridized carbons (Fsp3) is 0.714. The highest BCUT2D eigenvalue weighted by Gasteiger charge is 2.17. The first-order chi connectivity index (χ1) is 5.86. The van der Waals surface area contributed by atoms with E-state index < -0.39 is 0 Å². The van der Waals surface area contributed by atoms with Gasteiger partial charge in [-0.25, -0.2) is 5.10 Å². The summed E-state index contributed by atoms with van der Waals surface area (Å²) < 4.78 is 0. The van der Waals surface area contributed by atoms with Crippen LogP contribution in [0.5, 0.6) is 0 Å². The molecule has 1 saturated heterocycles. The average molecular weight is 240 g/mol. The van der Waals surface area contributed by atoms with E-state index >= 15 is 0 Å². The van der Waals surface area contributed by atoms with Crippen molar-refractivity contribution in [3.63, 3.8) is 0 Å². The summed E-state index contributed by atoms with van der Waals surface area (Å²) in [5.41, 5.74) is 5.78. The predicted molar refractivity (Wildman–Crippen MR) is 60.3 cm³/mol. The molecule has 1 fully saturated rings. The summed E-state index contributed by atoms with van der Waals surface area (Å²) in [7, 11) is 0. The lowest BCUT2D eigenvalue weighted by Crippen LogP contribution is -2.40. The molecule has 82 valence electrons. The molecule has 0 unspecified atom stereocenters. The van der Waals surface area contributed by atoms with Gasteiger partial charge < -0.3 is 10.6 Å². The quantitative estimate of drug-likeness (QED) is 0.753. The number of rotatable bonds is 1. The average Bonchev–Trinajstić information content (AvgIpc) is 2.58. The van der Waals surface area contributed by atoms with Crippen LogP contribution in [0.1, 0.15) is 12.8 Å². The van der Waals surface area contributed by atoms with E-state index in [0.29, 0.717) is 6.04 Å². The smallest absolute Gasteiger partial charge is 0.221 e. The Hall–Kier alpha value is -0.520. The molecule has 1 aliphatic heterocycles. The first-order valence-corrected chi connectivity index (χ1v) is 4.22. The van der Waals surface area contributed by atoms with Gasteiger partial charge in [0.05, 0.1) is 0 Å². The van der Waals surface area contributed by atoms with Gasteiger partial charge in [-0.3, -0.25) is 0 Å². The highest BCUT2D eigenvalue weighted by Crippen LogP contribution is 2.13. The Kier molecular flexibility index (Phi) is 5.83.